The Morgan fingerprint density at radius 1 is 1.45 bits per heavy atom. The lowest BCUT2D eigenvalue weighted by Gasteiger charge is -2.26. The number of ether oxygens (including phenoxy) is 1. The third-order valence-corrected chi connectivity index (χ3v) is 4.06. The molecule has 1 N–H and O–H groups in total. The number of halogens is 1. The highest BCUT2D eigenvalue weighted by Gasteiger charge is 2.22. The molecule has 1 aliphatic heterocycles. The number of piperazine rings is 1. The largest absolute Gasteiger partial charge is 0.483 e. The highest BCUT2D eigenvalue weighted by molar-refractivity contribution is 6.31. The van der Waals surface area contributed by atoms with Crippen LogP contribution in [0.3, 0.4) is 0 Å². The van der Waals surface area contributed by atoms with Crippen LogP contribution in [0.2, 0.25) is 5.02 Å². The molecule has 0 spiro atoms. The molecule has 0 aliphatic carbocycles. The first-order valence-electron chi connectivity index (χ1n) is 7.35. The van der Waals surface area contributed by atoms with Crippen molar-refractivity contribution in [3.8, 4) is 5.75 Å². The summed E-state index contributed by atoms with van der Waals surface area (Å²) in [5.41, 5.74) is 1.88. The number of hydrogen-bond acceptors (Lipinski definition) is 3. The first-order valence-corrected chi connectivity index (χ1v) is 7.73. The number of nitrogens with zero attached hydrogens (tertiary/aromatic N) is 1. The fraction of sp³-hybridized carbons (Fsp3) is 0.500. The number of rotatable bonds is 4. The van der Waals surface area contributed by atoms with Gasteiger partial charge in [-0.1, -0.05) is 25.4 Å². The quantitative estimate of drug-likeness (QED) is 0.923. The van der Waals surface area contributed by atoms with Crippen LogP contribution in [0.5, 0.6) is 5.75 Å². The average molecular weight is 325 g/mol. The lowest BCUT2D eigenvalue weighted by Crippen LogP contribution is -2.51. The predicted molar refractivity (Wildman–Crippen MR) is 85.4 cm³/mol. The molecule has 0 aromatic heterocycles. The number of benzene rings is 1. The van der Waals surface area contributed by atoms with Crippen molar-refractivity contribution in [3.63, 3.8) is 0 Å². The van der Waals surface area contributed by atoms with Gasteiger partial charge < -0.3 is 15.0 Å². The molecule has 0 radical (unpaired) electrons. The van der Waals surface area contributed by atoms with Crippen molar-refractivity contribution >= 4 is 23.4 Å². The van der Waals surface area contributed by atoms with E-state index in [0.717, 1.165) is 11.1 Å². The van der Waals surface area contributed by atoms with Crippen LogP contribution in [0.1, 0.15) is 30.9 Å². The summed E-state index contributed by atoms with van der Waals surface area (Å²) < 4.78 is 5.70. The maximum Gasteiger partial charge on any atom is 0.261 e. The molecule has 0 unspecified atom stereocenters. The minimum Gasteiger partial charge on any atom is -0.483 e. The van der Waals surface area contributed by atoms with Gasteiger partial charge in [-0.3, -0.25) is 9.59 Å². The second-order valence-corrected chi connectivity index (χ2v) is 6.16. The Bertz CT molecular complexity index is 587. The van der Waals surface area contributed by atoms with Crippen molar-refractivity contribution in [3.05, 3.63) is 28.3 Å². The molecule has 0 atom stereocenters. The summed E-state index contributed by atoms with van der Waals surface area (Å²) >= 11 is 6.16. The summed E-state index contributed by atoms with van der Waals surface area (Å²) in [5.74, 6) is 0.595. The number of carbonyl (C=O) groups is 2. The SMILES string of the molecule is Cc1cc(OCC(=O)N2CCNC(=O)C2)c(C(C)C)cc1Cl. The molecule has 0 bridgehead atoms. The van der Waals surface area contributed by atoms with Gasteiger partial charge in [-0.25, -0.2) is 0 Å². The van der Waals surface area contributed by atoms with Crippen LogP contribution in [0.15, 0.2) is 12.1 Å². The maximum absolute atomic E-state index is 12.1. The summed E-state index contributed by atoms with van der Waals surface area (Å²) in [5, 5.41) is 3.38. The monoisotopic (exact) mass is 324 g/mol. The molecule has 22 heavy (non-hydrogen) atoms. The van der Waals surface area contributed by atoms with Gasteiger partial charge in [-0.05, 0) is 36.1 Å². The molecule has 2 amide bonds. The van der Waals surface area contributed by atoms with Gasteiger partial charge in [0.25, 0.3) is 5.91 Å². The van der Waals surface area contributed by atoms with Crippen molar-refractivity contribution in [2.45, 2.75) is 26.7 Å². The number of hydrogen-bond donors (Lipinski definition) is 1. The average Bonchev–Trinajstić information content (AvgIpc) is 2.47. The molecule has 1 aromatic carbocycles. The molecular formula is C16H21ClN2O3. The van der Waals surface area contributed by atoms with Crippen LogP contribution in [0.25, 0.3) is 0 Å². The van der Waals surface area contributed by atoms with Crippen molar-refractivity contribution in [2.75, 3.05) is 26.2 Å². The van der Waals surface area contributed by atoms with Crippen LogP contribution >= 0.6 is 11.6 Å². The zero-order valence-corrected chi connectivity index (χ0v) is 13.9. The molecular weight excluding hydrogens is 304 g/mol. The van der Waals surface area contributed by atoms with Crippen molar-refractivity contribution < 1.29 is 14.3 Å². The lowest BCUT2D eigenvalue weighted by molar-refractivity contribution is -0.139. The van der Waals surface area contributed by atoms with Crippen molar-refractivity contribution in [1.82, 2.24) is 10.2 Å². The normalized spacial score (nSPS) is 15.0. The van der Waals surface area contributed by atoms with E-state index in [4.69, 9.17) is 16.3 Å². The molecule has 1 fully saturated rings. The highest BCUT2D eigenvalue weighted by atomic mass is 35.5. The van der Waals surface area contributed by atoms with Gasteiger partial charge in [0.1, 0.15) is 5.75 Å². The van der Waals surface area contributed by atoms with E-state index in [2.05, 4.69) is 5.32 Å². The molecule has 1 heterocycles. The van der Waals surface area contributed by atoms with Crippen molar-refractivity contribution in [2.24, 2.45) is 0 Å². The van der Waals surface area contributed by atoms with E-state index in [9.17, 15) is 9.59 Å². The van der Waals surface area contributed by atoms with E-state index in [-0.39, 0.29) is 30.9 Å². The van der Waals surface area contributed by atoms with E-state index in [1.165, 1.54) is 4.90 Å². The van der Waals surface area contributed by atoms with Crippen LogP contribution in [-0.2, 0) is 9.59 Å². The van der Waals surface area contributed by atoms with Crippen LogP contribution in [-0.4, -0.2) is 43.0 Å². The minimum absolute atomic E-state index is 0.0753. The molecule has 5 nitrogen and oxygen atoms in total. The highest BCUT2D eigenvalue weighted by Crippen LogP contribution is 2.32. The first-order chi connectivity index (χ1) is 10.4. The third kappa shape index (κ3) is 3.91. The Labute approximate surface area is 135 Å². The standard InChI is InChI=1S/C16H21ClN2O3/c1-10(2)12-7-13(17)11(3)6-14(12)22-9-16(21)19-5-4-18-15(20)8-19/h6-7,10H,4-5,8-9H2,1-3H3,(H,18,20). The fourth-order valence-electron chi connectivity index (χ4n) is 2.33. The van der Waals surface area contributed by atoms with E-state index in [1.807, 2.05) is 32.9 Å². The fourth-order valence-corrected chi connectivity index (χ4v) is 2.50. The van der Waals surface area contributed by atoms with Gasteiger partial charge in [0.05, 0.1) is 6.54 Å². The molecule has 6 heteroatoms. The van der Waals surface area contributed by atoms with Gasteiger partial charge in [0.15, 0.2) is 6.61 Å². The second kappa shape index (κ2) is 7.01. The van der Waals surface area contributed by atoms with Gasteiger partial charge in [0, 0.05) is 18.1 Å². The maximum atomic E-state index is 12.1. The van der Waals surface area contributed by atoms with Gasteiger partial charge in [0.2, 0.25) is 5.91 Å². The Morgan fingerprint density at radius 3 is 2.82 bits per heavy atom. The molecule has 1 aromatic rings. The van der Waals surface area contributed by atoms with Crippen LogP contribution in [0, 0.1) is 6.92 Å². The van der Waals surface area contributed by atoms with Crippen molar-refractivity contribution in [1.29, 1.82) is 0 Å². The smallest absolute Gasteiger partial charge is 0.261 e. The lowest BCUT2D eigenvalue weighted by atomic mass is 10.0. The Morgan fingerprint density at radius 2 is 2.18 bits per heavy atom. The van der Waals surface area contributed by atoms with Gasteiger partial charge in [-0.15, -0.1) is 0 Å². The Balaban J connectivity index is 2.06. The zero-order chi connectivity index (χ0) is 16.3. The summed E-state index contributed by atoms with van der Waals surface area (Å²) in [7, 11) is 0. The first kappa shape index (κ1) is 16.6. The van der Waals surface area contributed by atoms with E-state index in [0.29, 0.717) is 23.9 Å². The van der Waals surface area contributed by atoms with E-state index >= 15 is 0 Å². The molecule has 1 saturated heterocycles. The summed E-state index contributed by atoms with van der Waals surface area (Å²) in [6.07, 6.45) is 0. The number of nitrogens with one attached hydrogen (secondary N) is 1. The Hall–Kier alpha value is -1.75. The molecule has 1 aliphatic rings. The van der Waals surface area contributed by atoms with Gasteiger partial charge in [-0.2, -0.15) is 0 Å². The minimum atomic E-state index is -0.183. The second-order valence-electron chi connectivity index (χ2n) is 5.75. The van der Waals surface area contributed by atoms with E-state index in [1.54, 1.807) is 0 Å². The predicted octanol–water partition coefficient (Wildman–Crippen LogP) is 2.11. The number of amides is 2. The van der Waals surface area contributed by atoms with Crippen LogP contribution in [0.4, 0.5) is 0 Å². The van der Waals surface area contributed by atoms with Gasteiger partial charge >= 0.3 is 0 Å². The molecule has 0 saturated carbocycles. The molecule has 120 valence electrons. The topological polar surface area (TPSA) is 58.6 Å². The summed E-state index contributed by atoms with van der Waals surface area (Å²) in [6.45, 7) is 7.02. The number of carbonyl (C=O) groups excluding carboxylic acids is 2. The molecule has 2 rings (SSSR count). The number of aryl methyl sites for hydroxylation is 1. The third-order valence-electron chi connectivity index (χ3n) is 3.66. The van der Waals surface area contributed by atoms with E-state index < -0.39 is 0 Å². The van der Waals surface area contributed by atoms with Crippen LogP contribution < -0.4 is 10.1 Å². The zero-order valence-electron chi connectivity index (χ0n) is 13.1. The Kier molecular flexibility index (Phi) is 5.29. The summed E-state index contributed by atoms with van der Waals surface area (Å²) in [4.78, 5) is 25.0. The summed E-state index contributed by atoms with van der Waals surface area (Å²) in [6, 6.07) is 3.74.